The summed E-state index contributed by atoms with van der Waals surface area (Å²) >= 11 is 2.83. The Hall–Kier alpha value is -11.2. The van der Waals surface area contributed by atoms with Crippen LogP contribution >= 0.6 is 0 Å². The molecule has 4 fully saturated rings. The van der Waals surface area contributed by atoms with Gasteiger partial charge in [-0.25, -0.2) is 4.68 Å². The standard InChI is InChI=1S/2C18H19N5O3.C15H15N5O2.C15H16N2O2.C3H4O.2CH3F.N3.Na.OS/c24-11-15-9-19-22-23(15)10-12-6-14(7-12)20-18(25)17-8-16(21-26-17)13-4-2-1-3-5-13;24-11-15-10-23(22-20-15)9-12-6-14(7-12)19-18(25)17-8-16(21-26-17)13-4-2-1-3-5-13;16-20-17-9-10-6-12(7-10)18-15(21)14-8-13(19-22-14)11-4-2-1-3-5-11;1-10-7-12(8-10)16-15(18)14-9-13(17-19-14)11-5-3-2-4-6-11;1-2-3-4;2*1-2;1-3-2;;1-2/h1-5,8-9,12,14,24H,6-7,10-11H2,(H,20,25);1-5,8,10,12,14,24H,6-7,9,11H2,(H,19,25);1-5,8,10,12H,6-7,9H2,(H,18,21);2-6,9-10,12H,7-8H2,1H3,(H,16,18);1,4H,3H2;2*1H3;;;/q;;;;;;;-1;+1;/i;;;1T;;2*1D;;;. The molecule has 10 aromatic rings. The van der Waals surface area contributed by atoms with Crippen molar-refractivity contribution in [2.45, 2.75) is 109 Å². The molecule has 14 rings (SSSR count). The molecule has 0 bridgehead atoms. The zero-order valence-corrected chi connectivity index (χ0v) is 60.9. The third-order valence-electron chi connectivity index (χ3n) is 16.5. The van der Waals surface area contributed by atoms with Gasteiger partial charge in [0.2, 0.25) is 23.0 Å². The first-order valence-corrected chi connectivity index (χ1v) is 33.0. The van der Waals surface area contributed by atoms with Gasteiger partial charge in [0, 0.05) is 96.6 Å². The summed E-state index contributed by atoms with van der Waals surface area (Å²) in [5.74, 6) is 3.50. The van der Waals surface area contributed by atoms with Crippen LogP contribution in [0.4, 0.5) is 8.78 Å². The molecular weight excluding hydrogens is 1420 g/mol. The number of nitrogens with zero attached hydrogens (tertiary/aromatic N) is 16. The second-order valence-electron chi connectivity index (χ2n) is 23.8. The Morgan fingerprint density at radius 1 is 0.598 bits per heavy atom. The van der Waals surface area contributed by atoms with Crippen molar-refractivity contribution in [3.63, 3.8) is 0 Å². The van der Waals surface area contributed by atoms with Gasteiger partial charge in [-0.05, 0) is 80.6 Å². The number of hydrogen-bond donors (Lipinski definition) is 7. The Balaban J connectivity index is 0.000000247. The fourth-order valence-corrected chi connectivity index (χ4v) is 11.1. The van der Waals surface area contributed by atoms with E-state index in [0.29, 0.717) is 77.8 Å². The summed E-state index contributed by atoms with van der Waals surface area (Å²) in [5, 5.41) is 72.5. The van der Waals surface area contributed by atoms with Crippen molar-refractivity contribution in [3.05, 3.63) is 219 Å². The van der Waals surface area contributed by atoms with E-state index in [1.165, 1.54) is 4.91 Å². The summed E-state index contributed by atoms with van der Waals surface area (Å²) in [5.41, 5.74) is 29.3. The maximum atomic E-state index is 12.3. The topological polar surface area (TPSA) is 467 Å². The van der Waals surface area contributed by atoms with E-state index in [0.717, 1.165) is 80.2 Å². The van der Waals surface area contributed by atoms with Crippen molar-refractivity contribution >= 4 is 36.2 Å². The van der Waals surface area contributed by atoms with Gasteiger partial charge in [-0.15, -0.1) is 16.6 Å². The van der Waals surface area contributed by atoms with E-state index in [1.807, 2.05) is 127 Å². The van der Waals surface area contributed by atoms with Crippen LogP contribution in [0, 0.1) is 36.0 Å². The number of amides is 4. The molecule has 4 saturated carbocycles. The van der Waals surface area contributed by atoms with Crippen LogP contribution in [0.1, 0.15) is 116 Å². The summed E-state index contributed by atoms with van der Waals surface area (Å²) in [6.45, 7) is 2.03. The first-order chi connectivity index (χ1) is 53.1. The Labute approximate surface area is 644 Å². The van der Waals surface area contributed by atoms with Gasteiger partial charge < -0.3 is 65.7 Å². The molecular formula is C71H79F2N20NaO12S. The average Bonchev–Trinajstić information content (AvgIpc) is 1.64. The molecule has 6 aromatic heterocycles. The maximum Gasteiger partial charge on any atom is 1.00 e. The van der Waals surface area contributed by atoms with Crippen LogP contribution < -0.4 is 50.8 Å². The van der Waals surface area contributed by atoms with Gasteiger partial charge in [-0.3, -0.25) is 37.6 Å². The first kappa shape index (κ1) is 81.5. The first-order valence-electron chi connectivity index (χ1n) is 34.7. The summed E-state index contributed by atoms with van der Waals surface area (Å²) in [6.07, 6.45) is 14.7. The Morgan fingerprint density at radius 3 is 1.24 bits per heavy atom. The minimum Gasteiger partial charge on any atom is -0.390 e. The van der Waals surface area contributed by atoms with E-state index in [4.69, 9.17) is 53.2 Å². The number of aliphatic hydroxyl groups is 3. The molecule has 32 nitrogen and oxygen atoms in total. The number of aromatic nitrogens is 10. The van der Waals surface area contributed by atoms with Crippen molar-refractivity contribution in [2.75, 3.05) is 27.5 Å². The summed E-state index contributed by atoms with van der Waals surface area (Å²) in [4.78, 5) is 52.9. The zero-order valence-electron chi connectivity index (χ0n) is 61.1. The van der Waals surface area contributed by atoms with Gasteiger partial charge in [-0.1, -0.05) is 170 Å². The van der Waals surface area contributed by atoms with E-state index in [1.54, 1.807) is 46.0 Å². The number of halogens is 2. The molecule has 107 heavy (non-hydrogen) atoms. The Morgan fingerprint density at radius 2 is 0.935 bits per heavy atom. The molecule has 0 spiro atoms. The number of alkyl halides is 2. The van der Waals surface area contributed by atoms with Gasteiger partial charge in [0.05, 0.1) is 48.4 Å². The molecule has 0 aliphatic heterocycles. The van der Waals surface area contributed by atoms with E-state index in [2.05, 4.69) is 91.5 Å². The minimum absolute atomic E-state index is 0. The van der Waals surface area contributed by atoms with Gasteiger partial charge in [-0.2, -0.15) is 4.21 Å². The molecule has 0 radical (unpaired) electrons. The van der Waals surface area contributed by atoms with E-state index < -0.39 is 14.3 Å². The average molecular weight is 1500 g/mol. The largest absolute Gasteiger partial charge is 1.00 e. The van der Waals surface area contributed by atoms with Crippen molar-refractivity contribution < 1.29 is 99.2 Å². The molecule has 4 aliphatic rings. The van der Waals surface area contributed by atoms with Crippen LogP contribution in [0.15, 0.2) is 181 Å². The molecule has 4 aliphatic carbocycles. The van der Waals surface area contributed by atoms with Gasteiger partial charge in [0.25, 0.3) is 23.6 Å². The Bertz CT molecular complexity index is 4450. The molecule has 556 valence electrons. The van der Waals surface area contributed by atoms with Crippen LogP contribution in [-0.4, -0.2) is 145 Å². The smallest absolute Gasteiger partial charge is 0.390 e. The van der Waals surface area contributed by atoms with Crippen molar-refractivity contribution in [1.29, 1.82) is 0 Å². The number of nitrogens with one attached hydrogen (secondary N) is 4. The van der Waals surface area contributed by atoms with Crippen molar-refractivity contribution in [1.82, 2.24) is 71.9 Å². The fraction of sp³-hybridized carbons (Fsp3) is 0.352. The molecule has 6 heterocycles. The second kappa shape index (κ2) is 47.3. The number of azide groups is 1. The quantitative estimate of drug-likeness (QED) is 0.0127. The number of rotatable bonds is 20. The van der Waals surface area contributed by atoms with Crippen molar-refractivity contribution in [3.8, 4) is 57.4 Å². The molecule has 4 amide bonds. The van der Waals surface area contributed by atoms with E-state index in [9.17, 15) is 33.1 Å². The predicted molar refractivity (Wildman–Crippen MR) is 383 cm³/mol. The molecule has 4 aromatic carbocycles. The van der Waals surface area contributed by atoms with Gasteiger partial charge in [0.15, 0.2) is 12.5 Å². The monoisotopic (exact) mass is 1500 g/mol. The second-order valence-corrected chi connectivity index (χ2v) is 23.8. The molecule has 0 atom stereocenters. The number of carbonyl (C=O) groups is 4. The van der Waals surface area contributed by atoms with E-state index in [-0.39, 0.29) is 120 Å². The third kappa shape index (κ3) is 27.4. The maximum absolute atomic E-state index is 12.3. The predicted octanol–water partition coefficient (Wildman–Crippen LogP) is 7.62. The van der Waals surface area contributed by atoms with Crippen LogP contribution in [-0.2, 0) is 38.8 Å². The summed E-state index contributed by atoms with van der Waals surface area (Å²) < 4.78 is 70.1. The van der Waals surface area contributed by atoms with Crippen LogP contribution in [0.5, 0.6) is 0 Å². The molecule has 0 saturated heterocycles. The molecule has 0 unspecified atom stereocenters. The van der Waals surface area contributed by atoms with Crippen LogP contribution in [0.3, 0.4) is 0 Å². The van der Waals surface area contributed by atoms with Crippen LogP contribution in [0.2, 0.25) is 0 Å². The normalized spacial score (nSPS) is 18.0. The summed E-state index contributed by atoms with van der Waals surface area (Å²) in [7, 11) is -2.00. The Kier molecular flexibility index (Phi) is 36.0. The number of hydrogen-bond acceptors (Lipinski definition) is 22. The minimum atomic E-state index is -1.00. The van der Waals surface area contributed by atoms with Crippen molar-refractivity contribution in [2.24, 2.45) is 28.8 Å². The van der Waals surface area contributed by atoms with Crippen LogP contribution in [0.25, 0.3) is 71.4 Å². The zero-order chi connectivity index (χ0) is 78.7. The van der Waals surface area contributed by atoms with Gasteiger partial charge in [0.1, 0.15) is 35.1 Å². The number of benzene rings is 4. The van der Waals surface area contributed by atoms with E-state index >= 15 is 0 Å². The number of aliphatic hydroxyl groups excluding tert-OH is 3. The summed E-state index contributed by atoms with van der Waals surface area (Å²) in [6, 6.07) is 45.4. The van der Waals surface area contributed by atoms with Gasteiger partial charge >= 0.3 is 29.6 Å². The SMILES string of the molecule is C#CCO.O=C(NC1CC(Cn2cc(CO)nn2)C1)c1cc(-c2ccccc2)no1.O=C(NC1CC(Cn2nncc2CO)C1)c1cc(-c2ccccc2)no1.O=S.[2H]CF.[2H]CF.[3H]CC1CC(NC(=O)c2cc(-c3ccccc3)no2)C1.[N-]=[N+]=NCC1CC(NC(=O)c2cc(-c3ccccc3)no2)C1.[N-]=[N+]=[N-].[Na+]. The fourth-order valence-electron chi connectivity index (χ4n) is 11.1. The number of terminal acetylenes is 1. The molecule has 7 N–H and O–H groups in total. The third-order valence-corrected chi connectivity index (χ3v) is 16.5. The molecule has 36 heteroatoms. The number of carbonyl (C=O) groups excluding carboxylic acids is 4.